The van der Waals surface area contributed by atoms with E-state index in [4.69, 9.17) is 16.3 Å². The Morgan fingerprint density at radius 3 is 2.80 bits per heavy atom. The maximum Gasteiger partial charge on any atom is 0.311 e. The monoisotopic (exact) mass is 362 g/mol. The van der Waals surface area contributed by atoms with Crippen LogP contribution in [0, 0.1) is 24.7 Å². The third-order valence-electron chi connectivity index (χ3n) is 5.66. The highest BCUT2D eigenvalue weighted by atomic mass is 35.5. The summed E-state index contributed by atoms with van der Waals surface area (Å²) in [4.78, 5) is 17.0. The number of hydrogen-bond acceptors (Lipinski definition) is 5. The molecule has 2 heterocycles. The van der Waals surface area contributed by atoms with Gasteiger partial charge in [0, 0.05) is 12.2 Å². The Hall–Kier alpha value is -1.82. The first-order chi connectivity index (χ1) is 12.1. The van der Waals surface area contributed by atoms with Crippen LogP contribution < -0.4 is 5.32 Å². The highest BCUT2D eigenvalue weighted by molar-refractivity contribution is 6.28. The molecule has 5 rings (SSSR count). The third-order valence-corrected chi connectivity index (χ3v) is 5.82. The van der Waals surface area contributed by atoms with Crippen molar-refractivity contribution >= 4 is 28.9 Å². The number of fused-ring (bicyclic) bond motifs is 4. The Labute approximate surface area is 151 Å². The van der Waals surface area contributed by atoms with E-state index < -0.39 is 0 Å². The molecule has 0 amide bonds. The van der Waals surface area contributed by atoms with Gasteiger partial charge in [-0.25, -0.2) is 4.52 Å². The first-order valence-electron chi connectivity index (χ1n) is 9.02. The van der Waals surface area contributed by atoms with Gasteiger partial charge in [0.1, 0.15) is 5.52 Å². The van der Waals surface area contributed by atoms with Crippen LogP contribution in [0.1, 0.15) is 38.2 Å². The van der Waals surface area contributed by atoms with Crippen molar-refractivity contribution in [2.45, 2.75) is 45.6 Å². The van der Waals surface area contributed by atoms with E-state index in [1.54, 1.807) is 4.52 Å². The number of rotatable bonds is 4. The molecule has 1 N–H and O–H groups in total. The van der Waals surface area contributed by atoms with Crippen LogP contribution >= 0.6 is 11.6 Å². The standard InChI is InChI=1S/C18H23ClN4O2/c1-3-25-17(24)14-11-4-6-12(7-5-11)15(14)20-16-13-8-10(2)9-23(13)22-18(19)21-16/h8-9,11-12,14-15H,3-7H2,1-2H3,(H,20,21,22)/t11-,12+,14-,15-/m0/s1. The van der Waals surface area contributed by atoms with Gasteiger partial charge in [-0.05, 0) is 74.6 Å². The van der Waals surface area contributed by atoms with Gasteiger partial charge in [0.05, 0.1) is 12.5 Å². The number of anilines is 1. The van der Waals surface area contributed by atoms with Crippen molar-refractivity contribution in [2.24, 2.45) is 17.8 Å². The van der Waals surface area contributed by atoms with Crippen molar-refractivity contribution in [3.05, 3.63) is 23.1 Å². The Morgan fingerprint density at radius 1 is 1.36 bits per heavy atom. The van der Waals surface area contributed by atoms with Gasteiger partial charge < -0.3 is 10.1 Å². The molecule has 2 aromatic heterocycles. The lowest BCUT2D eigenvalue weighted by atomic mass is 9.61. The molecule has 3 aliphatic carbocycles. The van der Waals surface area contributed by atoms with Gasteiger partial charge in [0.25, 0.3) is 0 Å². The van der Waals surface area contributed by atoms with Gasteiger partial charge in [-0.2, -0.15) is 4.98 Å². The number of hydrogen-bond donors (Lipinski definition) is 1. The van der Waals surface area contributed by atoms with Crippen LogP contribution in [0.4, 0.5) is 5.82 Å². The second-order valence-electron chi connectivity index (χ2n) is 7.20. The van der Waals surface area contributed by atoms with Crippen LogP contribution in [0.3, 0.4) is 0 Å². The fourth-order valence-electron chi connectivity index (χ4n) is 4.60. The summed E-state index contributed by atoms with van der Waals surface area (Å²) < 4.78 is 7.12. The molecule has 0 aliphatic heterocycles. The number of esters is 1. The molecule has 6 nitrogen and oxygen atoms in total. The number of nitrogens with one attached hydrogen (secondary N) is 1. The molecule has 0 aromatic carbocycles. The summed E-state index contributed by atoms with van der Waals surface area (Å²) in [5, 5.41) is 7.96. The topological polar surface area (TPSA) is 68.5 Å². The number of aryl methyl sites for hydroxylation is 1. The van der Waals surface area contributed by atoms with Gasteiger partial charge in [-0.3, -0.25) is 4.79 Å². The van der Waals surface area contributed by atoms with E-state index in [9.17, 15) is 4.79 Å². The molecule has 134 valence electrons. The molecule has 0 radical (unpaired) electrons. The fraction of sp³-hybridized carbons (Fsp3) is 0.611. The lowest BCUT2D eigenvalue weighted by Crippen LogP contribution is -2.52. The molecule has 0 saturated heterocycles. The van der Waals surface area contributed by atoms with Gasteiger partial charge in [-0.15, -0.1) is 5.10 Å². The molecule has 3 saturated carbocycles. The minimum Gasteiger partial charge on any atom is -0.466 e. The summed E-state index contributed by atoms with van der Waals surface area (Å²) in [6.07, 6.45) is 6.43. The van der Waals surface area contributed by atoms with Crippen LogP contribution in [0.25, 0.3) is 5.52 Å². The van der Waals surface area contributed by atoms with Crippen LogP contribution in [0.2, 0.25) is 5.28 Å². The van der Waals surface area contributed by atoms with Crippen LogP contribution in [-0.4, -0.2) is 33.2 Å². The van der Waals surface area contributed by atoms with Crippen molar-refractivity contribution in [3.8, 4) is 0 Å². The molecule has 3 fully saturated rings. The van der Waals surface area contributed by atoms with E-state index in [0.717, 1.165) is 36.8 Å². The molecule has 2 atom stereocenters. The average Bonchev–Trinajstić information content (AvgIpc) is 2.96. The Morgan fingerprint density at radius 2 is 2.08 bits per heavy atom. The molecule has 7 heteroatoms. The predicted octanol–water partition coefficient (Wildman–Crippen LogP) is 3.47. The van der Waals surface area contributed by atoms with E-state index in [0.29, 0.717) is 24.3 Å². The zero-order valence-electron chi connectivity index (χ0n) is 14.5. The normalized spacial score (nSPS) is 28.3. The Bertz CT molecular complexity index is 798. The van der Waals surface area contributed by atoms with Crippen LogP contribution in [0.5, 0.6) is 0 Å². The smallest absolute Gasteiger partial charge is 0.311 e. The van der Waals surface area contributed by atoms with Crippen LogP contribution in [0.15, 0.2) is 12.3 Å². The lowest BCUT2D eigenvalue weighted by Gasteiger charge is -2.47. The number of halogens is 1. The highest BCUT2D eigenvalue weighted by Gasteiger charge is 2.48. The zero-order valence-corrected chi connectivity index (χ0v) is 15.3. The second kappa shape index (κ2) is 6.48. The van der Waals surface area contributed by atoms with Crippen molar-refractivity contribution < 1.29 is 9.53 Å². The minimum absolute atomic E-state index is 0.0384. The molecule has 2 bridgehead atoms. The van der Waals surface area contributed by atoms with Gasteiger partial charge in [0.15, 0.2) is 5.82 Å². The fourth-order valence-corrected chi connectivity index (χ4v) is 4.77. The van der Waals surface area contributed by atoms with E-state index in [1.807, 2.05) is 26.1 Å². The van der Waals surface area contributed by atoms with E-state index in [1.165, 1.54) is 0 Å². The number of ether oxygens (including phenoxy) is 1. The molecule has 2 aromatic rings. The molecule has 25 heavy (non-hydrogen) atoms. The first kappa shape index (κ1) is 16.6. The predicted molar refractivity (Wildman–Crippen MR) is 95.7 cm³/mol. The van der Waals surface area contributed by atoms with Crippen molar-refractivity contribution in [2.75, 3.05) is 11.9 Å². The maximum atomic E-state index is 12.6. The highest BCUT2D eigenvalue weighted by Crippen LogP contribution is 2.46. The average molecular weight is 363 g/mol. The van der Waals surface area contributed by atoms with Crippen molar-refractivity contribution in [1.82, 2.24) is 14.6 Å². The molecule has 3 aliphatic rings. The van der Waals surface area contributed by atoms with Crippen molar-refractivity contribution in [1.29, 1.82) is 0 Å². The number of aromatic nitrogens is 3. The summed E-state index contributed by atoms with van der Waals surface area (Å²) in [7, 11) is 0. The number of carbonyl (C=O) groups excluding carboxylic acids is 1. The Balaban J connectivity index is 1.69. The SMILES string of the molecule is CCOC(=O)[C@H]1[C@H]2CC[C@H](CC2)[C@@H]1Nc1nc(Cl)nn2cc(C)cc12. The maximum absolute atomic E-state index is 12.6. The van der Waals surface area contributed by atoms with Gasteiger partial charge in [0.2, 0.25) is 5.28 Å². The van der Waals surface area contributed by atoms with E-state index in [-0.39, 0.29) is 23.2 Å². The quantitative estimate of drug-likeness (QED) is 0.843. The van der Waals surface area contributed by atoms with E-state index >= 15 is 0 Å². The van der Waals surface area contributed by atoms with Gasteiger partial charge in [-0.1, -0.05) is 0 Å². The summed E-state index contributed by atoms with van der Waals surface area (Å²) in [5.74, 6) is 1.35. The number of nitrogens with zero attached hydrogens (tertiary/aromatic N) is 3. The lowest BCUT2D eigenvalue weighted by molar-refractivity contribution is -0.154. The largest absolute Gasteiger partial charge is 0.466 e. The van der Waals surface area contributed by atoms with E-state index in [2.05, 4.69) is 15.4 Å². The Kier molecular flexibility index (Phi) is 4.31. The van der Waals surface area contributed by atoms with Gasteiger partial charge >= 0.3 is 5.97 Å². The third kappa shape index (κ3) is 2.97. The summed E-state index contributed by atoms with van der Waals surface area (Å²) in [6, 6.07) is 2.07. The molecule has 0 spiro atoms. The zero-order chi connectivity index (χ0) is 17.6. The summed E-state index contributed by atoms with van der Waals surface area (Å²) >= 11 is 6.10. The molecule has 0 unspecified atom stereocenters. The van der Waals surface area contributed by atoms with Crippen LogP contribution in [-0.2, 0) is 9.53 Å². The first-order valence-corrected chi connectivity index (χ1v) is 9.40. The van der Waals surface area contributed by atoms with Crippen molar-refractivity contribution in [3.63, 3.8) is 0 Å². The molecular weight excluding hydrogens is 340 g/mol. The molecular formula is C18H23ClN4O2. The summed E-state index contributed by atoms with van der Waals surface area (Å²) in [5.41, 5.74) is 1.97. The minimum atomic E-state index is -0.114. The number of carbonyl (C=O) groups is 1. The summed E-state index contributed by atoms with van der Waals surface area (Å²) in [6.45, 7) is 4.29. The second-order valence-corrected chi connectivity index (χ2v) is 7.54.